The first-order valence-electron chi connectivity index (χ1n) is 2.85. The molecule has 0 aliphatic carbocycles. The molecule has 6 heteroatoms. The van der Waals surface area contributed by atoms with Crippen molar-refractivity contribution in [2.75, 3.05) is 6.61 Å². The molecule has 0 amide bonds. The topological polar surface area (TPSA) is 66.4 Å². The third-order valence-corrected chi connectivity index (χ3v) is 0.715. The molecule has 0 fully saturated rings. The van der Waals surface area contributed by atoms with E-state index in [2.05, 4.69) is 25.0 Å². The molecule has 0 unspecified atom stereocenters. The van der Waals surface area contributed by atoms with Crippen molar-refractivity contribution in [1.29, 1.82) is 0 Å². The van der Waals surface area contributed by atoms with E-state index >= 15 is 0 Å². The van der Waals surface area contributed by atoms with Crippen molar-refractivity contribution in [2.45, 2.75) is 19.8 Å². The number of rotatable bonds is 7. The third-order valence-electron chi connectivity index (χ3n) is 0.715. The van der Waals surface area contributed by atoms with Gasteiger partial charge in [0.25, 0.3) is 0 Å². The van der Waals surface area contributed by atoms with Gasteiger partial charge < -0.3 is 0 Å². The van der Waals surface area contributed by atoms with Crippen LogP contribution in [0.2, 0.25) is 0 Å². The lowest BCUT2D eigenvalue weighted by Crippen LogP contribution is -1.98. The molecule has 10 heavy (non-hydrogen) atoms. The van der Waals surface area contributed by atoms with Gasteiger partial charge in [0.05, 0.1) is 6.61 Å². The molecule has 0 saturated heterocycles. The Bertz CT molecular complexity index is 49.7. The molecule has 0 saturated carbocycles. The zero-order valence-corrected chi connectivity index (χ0v) is 5.61. The predicted octanol–water partition coefficient (Wildman–Crippen LogP) is 1.00. The molecule has 0 heterocycles. The largest absolute Gasteiger partial charge is 0.219 e. The van der Waals surface area contributed by atoms with Crippen LogP contribution in [0.5, 0.6) is 0 Å². The Balaban J connectivity index is 2.65. The van der Waals surface area contributed by atoms with Crippen molar-refractivity contribution >= 4 is 0 Å². The minimum atomic E-state index is 0.394. The molecule has 0 aromatic heterocycles. The van der Waals surface area contributed by atoms with Crippen LogP contribution in [0.25, 0.3) is 0 Å². The Hall–Kier alpha value is -0.240. The van der Waals surface area contributed by atoms with Gasteiger partial charge in [-0.05, 0) is 26.6 Å². The highest BCUT2D eigenvalue weighted by Gasteiger charge is 1.89. The molecule has 0 aliphatic heterocycles. The van der Waals surface area contributed by atoms with Crippen LogP contribution < -0.4 is 0 Å². The van der Waals surface area contributed by atoms with Gasteiger partial charge >= 0.3 is 0 Å². The summed E-state index contributed by atoms with van der Waals surface area (Å²) in [6.07, 6.45) is 1.84. The highest BCUT2D eigenvalue weighted by atomic mass is 17.8. The minimum Gasteiger partial charge on any atom is -0.219 e. The number of hydrogen-bond donors (Lipinski definition) is 1. The summed E-state index contributed by atoms with van der Waals surface area (Å²) in [5.74, 6) is 0. The maximum atomic E-state index is 7.49. The van der Waals surface area contributed by atoms with Gasteiger partial charge in [0.15, 0.2) is 0 Å². The van der Waals surface area contributed by atoms with Gasteiger partial charge in [-0.25, -0.2) is 10.1 Å². The summed E-state index contributed by atoms with van der Waals surface area (Å²) in [5, 5.41) is 21.4. The lowest BCUT2D eigenvalue weighted by Gasteiger charge is -1.96. The first-order chi connectivity index (χ1) is 4.91. The zero-order chi connectivity index (χ0) is 7.66. The Morgan fingerprint density at radius 2 is 2.00 bits per heavy atom. The van der Waals surface area contributed by atoms with E-state index in [1.165, 1.54) is 0 Å². The van der Waals surface area contributed by atoms with Crippen LogP contribution in [0.15, 0.2) is 0 Å². The summed E-state index contributed by atoms with van der Waals surface area (Å²) in [7, 11) is 0. The molecule has 0 aromatic rings. The van der Waals surface area contributed by atoms with Crippen LogP contribution >= 0.6 is 0 Å². The molecule has 1 N–H and O–H groups in total. The fourth-order valence-corrected chi connectivity index (χ4v) is 0.281. The van der Waals surface area contributed by atoms with E-state index < -0.39 is 0 Å². The van der Waals surface area contributed by atoms with Crippen molar-refractivity contribution in [3.8, 4) is 0 Å². The molecule has 62 valence electrons. The molecule has 6 nitrogen and oxygen atoms in total. The molecule has 0 radical (unpaired) electrons. The highest BCUT2D eigenvalue weighted by Crippen LogP contribution is 1.89. The van der Waals surface area contributed by atoms with Crippen LogP contribution in [0.4, 0.5) is 0 Å². The molecule has 0 aromatic carbocycles. The Kier molecular flexibility index (Phi) is 8.55. The molecular weight excluding hydrogens is 144 g/mol. The van der Waals surface area contributed by atoms with Gasteiger partial charge in [-0.1, -0.05) is 13.3 Å². The lowest BCUT2D eigenvalue weighted by atomic mass is 10.4. The van der Waals surface area contributed by atoms with E-state index in [9.17, 15) is 0 Å². The summed E-state index contributed by atoms with van der Waals surface area (Å²) in [5.41, 5.74) is 0. The average molecular weight is 154 g/mol. The van der Waals surface area contributed by atoms with E-state index in [-0.39, 0.29) is 0 Å². The van der Waals surface area contributed by atoms with E-state index in [1.54, 1.807) is 0 Å². The van der Waals surface area contributed by atoms with E-state index in [4.69, 9.17) is 5.26 Å². The normalized spacial score (nSPS) is 10.2. The van der Waals surface area contributed by atoms with Crippen LogP contribution in [0.1, 0.15) is 19.8 Å². The van der Waals surface area contributed by atoms with Crippen molar-refractivity contribution in [3.05, 3.63) is 0 Å². The summed E-state index contributed by atoms with van der Waals surface area (Å²) >= 11 is 0. The van der Waals surface area contributed by atoms with E-state index in [0.717, 1.165) is 12.8 Å². The maximum absolute atomic E-state index is 7.49. The first kappa shape index (κ1) is 9.76. The Morgan fingerprint density at radius 1 is 1.20 bits per heavy atom. The second kappa shape index (κ2) is 8.76. The molecule has 0 rings (SSSR count). The lowest BCUT2D eigenvalue weighted by molar-refractivity contribution is -0.753. The van der Waals surface area contributed by atoms with Crippen molar-refractivity contribution in [1.82, 2.24) is 0 Å². The van der Waals surface area contributed by atoms with Crippen molar-refractivity contribution in [3.63, 3.8) is 0 Å². The predicted molar refractivity (Wildman–Crippen MR) is 27.8 cm³/mol. The number of hydrogen-bond acceptors (Lipinski definition) is 6. The van der Waals surface area contributed by atoms with Gasteiger partial charge in [-0.3, -0.25) is 0 Å². The standard InChI is InChI=1S/C4H10O6/c1-2-3-4-6-8-10-9-7-5/h5H,2-4H2,1H3. The second-order valence-corrected chi connectivity index (χ2v) is 1.45. The SMILES string of the molecule is CCCCOOOOOO. The maximum Gasteiger partial charge on any atom is 0.0854 e. The molecular formula is C4H10O6. The molecule has 0 atom stereocenters. The highest BCUT2D eigenvalue weighted by molar-refractivity contribution is 4.25. The van der Waals surface area contributed by atoms with Gasteiger partial charge in [-0.2, -0.15) is 0 Å². The van der Waals surface area contributed by atoms with Gasteiger partial charge in [0.2, 0.25) is 0 Å². The Morgan fingerprint density at radius 3 is 2.60 bits per heavy atom. The van der Waals surface area contributed by atoms with E-state index in [1.807, 2.05) is 6.92 Å². The van der Waals surface area contributed by atoms with Crippen LogP contribution in [-0.4, -0.2) is 11.9 Å². The van der Waals surface area contributed by atoms with Gasteiger partial charge in [-0.15, -0.1) is 0 Å². The molecule has 0 spiro atoms. The Labute approximate surface area is 57.8 Å². The zero-order valence-electron chi connectivity index (χ0n) is 5.61. The quantitative estimate of drug-likeness (QED) is 0.335. The van der Waals surface area contributed by atoms with Crippen LogP contribution in [0.3, 0.4) is 0 Å². The summed E-state index contributed by atoms with van der Waals surface area (Å²) in [4.78, 5) is 4.34. The summed E-state index contributed by atoms with van der Waals surface area (Å²) in [6.45, 7) is 2.39. The summed E-state index contributed by atoms with van der Waals surface area (Å²) in [6, 6.07) is 0. The number of unbranched alkanes of at least 4 members (excludes halogenated alkanes) is 1. The monoisotopic (exact) mass is 154 g/mol. The average Bonchev–Trinajstić information content (AvgIpc) is 1.97. The van der Waals surface area contributed by atoms with E-state index in [0.29, 0.717) is 6.61 Å². The second-order valence-electron chi connectivity index (χ2n) is 1.45. The van der Waals surface area contributed by atoms with Gasteiger partial charge in [0, 0.05) is 0 Å². The fourth-order valence-electron chi connectivity index (χ4n) is 0.281. The molecule has 0 aliphatic rings. The summed E-state index contributed by atoms with van der Waals surface area (Å²) < 4.78 is 0. The smallest absolute Gasteiger partial charge is 0.0854 e. The fraction of sp³-hybridized carbons (Fsp3) is 1.00. The van der Waals surface area contributed by atoms with Crippen molar-refractivity contribution < 1.29 is 30.3 Å². The third kappa shape index (κ3) is 7.76. The van der Waals surface area contributed by atoms with Crippen LogP contribution in [0, 0.1) is 0 Å². The van der Waals surface area contributed by atoms with Crippen molar-refractivity contribution in [2.24, 2.45) is 0 Å². The molecule has 0 bridgehead atoms. The minimum absolute atomic E-state index is 0.394. The van der Waals surface area contributed by atoms with Gasteiger partial charge in [0.1, 0.15) is 0 Å². The first-order valence-corrected chi connectivity index (χ1v) is 2.85. The van der Waals surface area contributed by atoms with Crippen LogP contribution in [-0.2, 0) is 25.0 Å².